The van der Waals surface area contributed by atoms with Gasteiger partial charge in [0.15, 0.2) is 0 Å². The monoisotopic (exact) mass is 380 g/mol. The molecule has 0 aromatic heterocycles. The van der Waals surface area contributed by atoms with Crippen LogP contribution in [-0.4, -0.2) is 48.5 Å². The number of nitrogens with zero attached hydrogens (tertiary/aromatic N) is 1. The molecule has 1 amide bonds. The number of amides is 1. The Balaban J connectivity index is 0.00000208. The first kappa shape index (κ1) is 19.2. The Morgan fingerprint density at radius 2 is 2.12 bits per heavy atom. The SMILES string of the molecule is Cl.O=C(C1CC(F)(F)CN1)N1CCCC(Oc2ccccc2Cl)C1. The van der Waals surface area contributed by atoms with Gasteiger partial charge in [0.2, 0.25) is 5.91 Å². The lowest BCUT2D eigenvalue weighted by Gasteiger charge is -2.34. The van der Waals surface area contributed by atoms with Crippen molar-refractivity contribution in [2.75, 3.05) is 19.6 Å². The van der Waals surface area contributed by atoms with Crippen molar-refractivity contribution in [3.8, 4) is 5.75 Å². The van der Waals surface area contributed by atoms with Gasteiger partial charge in [0.1, 0.15) is 11.9 Å². The highest BCUT2D eigenvalue weighted by atomic mass is 35.5. The molecule has 2 unspecified atom stereocenters. The Morgan fingerprint density at radius 3 is 2.79 bits per heavy atom. The van der Waals surface area contributed by atoms with Crippen LogP contribution in [0.5, 0.6) is 5.75 Å². The summed E-state index contributed by atoms with van der Waals surface area (Å²) >= 11 is 6.08. The fourth-order valence-corrected chi connectivity index (χ4v) is 3.25. The van der Waals surface area contributed by atoms with Crippen LogP contribution in [0.4, 0.5) is 8.78 Å². The molecule has 0 radical (unpaired) electrons. The summed E-state index contributed by atoms with van der Waals surface area (Å²) in [5.41, 5.74) is 0. The summed E-state index contributed by atoms with van der Waals surface area (Å²) in [4.78, 5) is 14.0. The third-order valence-corrected chi connectivity index (χ3v) is 4.54. The minimum Gasteiger partial charge on any atom is -0.487 e. The van der Waals surface area contributed by atoms with Crippen molar-refractivity contribution in [2.24, 2.45) is 0 Å². The van der Waals surface area contributed by atoms with Gasteiger partial charge in [-0.25, -0.2) is 8.78 Å². The number of hydrogen-bond acceptors (Lipinski definition) is 3. The Bertz CT molecular complexity index is 589. The molecule has 4 nitrogen and oxygen atoms in total. The lowest BCUT2D eigenvalue weighted by atomic mass is 10.1. The topological polar surface area (TPSA) is 41.6 Å². The highest BCUT2D eigenvalue weighted by Gasteiger charge is 2.44. The van der Waals surface area contributed by atoms with E-state index in [1.807, 2.05) is 12.1 Å². The van der Waals surface area contributed by atoms with Gasteiger partial charge in [-0.05, 0) is 25.0 Å². The highest BCUT2D eigenvalue weighted by molar-refractivity contribution is 6.32. The highest BCUT2D eigenvalue weighted by Crippen LogP contribution is 2.28. The molecule has 1 aromatic carbocycles. The average Bonchev–Trinajstić information content (AvgIpc) is 2.89. The van der Waals surface area contributed by atoms with Crippen LogP contribution in [0.3, 0.4) is 0 Å². The number of halogens is 4. The molecule has 134 valence electrons. The molecule has 0 saturated carbocycles. The molecule has 2 atom stereocenters. The van der Waals surface area contributed by atoms with Crippen molar-refractivity contribution in [1.29, 1.82) is 0 Å². The average molecular weight is 381 g/mol. The second-order valence-electron chi connectivity index (χ2n) is 6.09. The molecule has 0 aliphatic carbocycles. The van der Waals surface area contributed by atoms with E-state index in [0.717, 1.165) is 12.8 Å². The van der Waals surface area contributed by atoms with E-state index in [1.165, 1.54) is 0 Å². The molecule has 8 heteroatoms. The van der Waals surface area contributed by atoms with Crippen LogP contribution >= 0.6 is 24.0 Å². The van der Waals surface area contributed by atoms with Gasteiger partial charge in [0.25, 0.3) is 5.92 Å². The minimum absolute atomic E-state index is 0. The zero-order valence-corrected chi connectivity index (χ0v) is 14.6. The molecule has 3 rings (SSSR count). The van der Waals surface area contributed by atoms with Gasteiger partial charge in [-0.15, -0.1) is 12.4 Å². The Hall–Kier alpha value is -1.11. The smallest absolute Gasteiger partial charge is 0.262 e. The van der Waals surface area contributed by atoms with Crippen LogP contribution in [0.25, 0.3) is 0 Å². The molecule has 2 heterocycles. The molecular weight excluding hydrogens is 361 g/mol. The molecule has 2 saturated heterocycles. The van der Waals surface area contributed by atoms with Gasteiger partial charge in [-0.3, -0.25) is 10.1 Å². The largest absolute Gasteiger partial charge is 0.487 e. The Kier molecular flexibility index (Phi) is 6.28. The number of piperidine rings is 1. The zero-order chi connectivity index (χ0) is 16.4. The molecule has 2 aliphatic rings. The minimum atomic E-state index is -2.80. The standard InChI is InChI=1S/C16H19ClF2N2O2.ClH/c17-12-5-1-2-6-14(12)23-11-4-3-7-21(9-11)15(22)13-8-16(18,19)10-20-13;/h1-2,5-6,11,13,20H,3-4,7-10H2;1H. The molecule has 24 heavy (non-hydrogen) atoms. The maximum Gasteiger partial charge on any atom is 0.262 e. The molecule has 0 bridgehead atoms. The number of ether oxygens (including phenoxy) is 1. The first-order valence-electron chi connectivity index (χ1n) is 7.76. The van der Waals surface area contributed by atoms with Crippen molar-refractivity contribution in [3.05, 3.63) is 29.3 Å². The van der Waals surface area contributed by atoms with Crippen molar-refractivity contribution in [1.82, 2.24) is 10.2 Å². The maximum absolute atomic E-state index is 13.3. The van der Waals surface area contributed by atoms with Crippen molar-refractivity contribution in [2.45, 2.75) is 37.3 Å². The normalized spacial score (nSPS) is 25.9. The van der Waals surface area contributed by atoms with Gasteiger partial charge >= 0.3 is 0 Å². The van der Waals surface area contributed by atoms with Crippen LogP contribution in [-0.2, 0) is 4.79 Å². The van der Waals surface area contributed by atoms with Crippen LogP contribution in [0.1, 0.15) is 19.3 Å². The summed E-state index contributed by atoms with van der Waals surface area (Å²) in [7, 11) is 0. The van der Waals surface area contributed by atoms with Gasteiger partial charge in [0, 0.05) is 13.0 Å². The summed E-state index contributed by atoms with van der Waals surface area (Å²) in [6.07, 6.45) is 0.987. The van der Waals surface area contributed by atoms with E-state index in [9.17, 15) is 13.6 Å². The number of alkyl halides is 2. The quantitative estimate of drug-likeness (QED) is 0.875. The molecule has 0 spiro atoms. The fraction of sp³-hybridized carbons (Fsp3) is 0.562. The Labute approximate surface area is 150 Å². The number of benzene rings is 1. The zero-order valence-electron chi connectivity index (χ0n) is 13.0. The van der Waals surface area contributed by atoms with E-state index in [1.54, 1.807) is 17.0 Å². The van der Waals surface area contributed by atoms with E-state index in [-0.39, 0.29) is 24.4 Å². The predicted octanol–water partition coefficient (Wildman–Crippen LogP) is 3.13. The van der Waals surface area contributed by atoms with E-state index in [0.29, 0.717) is 23.9 Å². The van der Waals surface area contributed by atoms with Crippen LogP contribution in [0, 0.1) is 0 Å². The number of carbonyl (C=O) groups excluding carboxylic acids is 1. The van der Waals surface area contributed by atoms with Crippen molar-refractivity contribution < 1.29 is 18.3 Å². The molecular formula is C16H20Cl2F2N2O2. The predicted molar refractivity (Wildman–Crippen MR) is 90.3 cm³/mol. The maximum atomic E-state index is 13.3. The number of nitrogens with one attached hydrogen (secondary N) is 1. The summed E-state index contributed by atoms with van der Waals surface area (Å²) < 4.78 is 32.4. The number of carbonyl (C=O) groups is 1. The van der Waals surface area contributed by atoms with Crippen LogP contribution < -0.4 is 10.1 Å². The van der Waals surface area contributed by atoms with E-state index < -0.39 is 24.9 Å². The summed E-state index contributed by atoms with van der Waals surface area (Å²) in [5, 5.41) is 3.14. The fourth-order valence-electron chi connectivity index (χ4n) is 3.06. The second-order valence-corrected chi connectivity index (χ2v) is 6.50. The van der Waals surface area contributed by atoms with Gasteiger partial charge in [-0.2, -0.15) is 0 Å². The summed E-state index contributed by atoms with van der Waals surface area (Å²) in [6, 6.07) is 6.37. The first-order valence-corrected chi connectivity index (χ1v) is 8.14. The van der Waals surface area contributed by atoms with Crippen molar-refractivity contribution >= 4 is 29.9 Å². The van der Waals surface area contributed by atoms with Crippen LogP contribution in [0.2, 0.25) is 5.02 Å². The Morgan fingerprint density at radius 1 is 1.38 bits per heavy atom. The third kappa shape index (κ3) is 4.49. The van der Waals surface area contributed by atoms with E-state index in [2.05, 4.69) is 5.32 Å². The van der Waals surface area contributed by atoms with E-state index in [4.69, 9.17) is 16.3 Å². The number of hydrogen-bond donors (Lipinski definition) is 1. The number of para-hydroxylation sites is 1. The van der Waals surface area contributed by atoms with Gasteiger partial charge in [-0.1, -0.05) is 23.7 Å². The van der Waals surface area contributed by atoms with E-state index >= 15 is 0 Å². The third-order valence-electron chi connectivity index (χ3n) is 4.23. The molecule has 1 aromatic rings. The van der Waals surface area contributed by atoms with Gasteiger partial charge in [0.05, 0.1) is 24.2 Å². The number of rotatable bonds is 3. The second kappa shape index (κ2) is 7.85. The van der Waals surface area contributed by atoms with Gasteiger partial charge < -0.3 is 9.64 Å². The number of likely N-dealkylation sites (tertiary alicyclic amines) is 1. The first-order chi connectivity index (χ1) is 10.9. The lowest BCUT2D eigenvalue weighted by Crippen LogP contribution is -2.50. The molecule has 1 N–H and O–H groups in total. The molecule has 2 aliphatic heterocycles. The van der Waals surface area contributed by atoms with Crippen molar-refractivity contribution in [3.63, 3.8) is 0 Å². The molecule has 2 fully saturated rings. The summed E-state index contributed by atoms with van der Waals surface area (Å²) in [6.45, 7) is 0.537. The summed E-state index contributed by atoms with van der Waals surface area (Å²) in [5.74, 6) is -2.49. The van der Waals surface area contributed by atoms with Crippen LogP contribution in [0.15, 0.2) is 24.3 Å². The lowest BCUT2D eigenvalue weighted by molar-refractivity contribution is -0.136.